The molecule has 4 aliphatic rings. The maximum atomic E-state index is 14.4. The van der Waals surface area contributed by atoms with Crippen LogP contribution in [0.2, 0.25) is 5.02 Å². The van der Waals surface area contributed by atoms with Crippen LogP contribution in [0.5, 0.6) is 5.75 Å². The molecule has 0 aromatic heterocycles. The summed E-state index contributed by atoms with van der Waals surface area (Å²) in [5.74, 6) is -6.13. The number of hydrogen-bond donors (Lipinski definition) is 1. The minimum atomic E-state index is -1.31. The quantitative estimate of drug-likeness (QED) is 0.222. The predicted octanol–water partition coefficient (Wildman–Crippen LogP) is 5.82. The monoisotopic (exact) mass is 626 g/mol. The zero-order valence-electron chi connectivity index (χ0n) is 24.4. The van der Waals surface area contributed by atoms with E-state index in [9.17, 15) is 33.5 Å². The number of anilines is 2. The Hall–Kier alpha value is -4.63. The maximum absolute atomic E-state index is 14.4. The van der Waals surface area contributed by atoms with Crippen LogP contribution in [0.1, 0.15) is 48.5 Å². The van der Waals surface area contributed by atoms with Crippen molar-refractivity contribution in [1.29, 1.82) is 0 Å². The van der Waals surface area contributed by atoms with Gasteiger partial charge in [-0.3, -0.25) is 28.9 Å². The second-order valence-electron chi connectivity index (χ2n) is 12.5. The topological polar surface area (TPSA) is 112 Å². The molecule has 2 aliphatic carbocycles. The zero-order valence-corrected chi connectivity index (χ0v) is 25.1. The van der Waals surface area contributed by atoms with Crippen molar-refractivity contribution in [3.05, 3.63) is 100 Å². The Morgan fingerprint density at radius 1 is 0.911 bits per heavy atom. The van der Waals surface area contributed by atoms with E-state index in [0.717, 1.165) is 16.5 Å². The highest BCUT2D eigenvalue weighted by atomic mass is 35.5. The molecule has 10 heteroatoms. The number of halogens is 2. The third-order valence-electron chi connectivity index (χ3n) is 10.2. The van der Waals surface area contributed by atoms with E-state index >= 15 is 0 Å². The van der Waals surface area contributed by atoms with Crippen LogP contribution in [0.3, 0.4) is 0 Å². The lowest BCUT2D eigenvalue weighted by atomic mass is 9.51. The standard InChI is InChI=1S/C35H28ClFN2O6/c1-17(40)18-6-8-20(9-7-18)38-31(42)24-12-11-23-25(29(24)33(38)44)16-26-32(43)39(21-10-13-28(37)27(36)15-21)34(45)35(26,2)30(23)19-4-3-5-22(41)14-19/h3-11,13-15,24-26,29-30,41H,12,16H2,1-2H3. The second-order valence-corrected chi connectivity index (χ2v) is 12.9. The number of hydrogen-bond acceptors (Lipinski definition) is 6. The van der Waals surface area contributed by atoms with E-state index in [1.54, 1.807) is 49.4 Å². The number of allylic oxidation sites excluding steroid dienone is 2. The first-order valence-electron chi connectivity index (χ1n) is 14.7. The van der Waals surface area contributed by atoms with Gasteiger partial charge in [-0.05, 0) is 92.8 Å². The Morgan fingerprint density at radius 3 is 2.29 bits per heavy atom. The molecule has 0 bridgehead atoms. The van der Waals surface area contributed by atoms with Gasteiger partial charge in [0.1, 0.15) is 11.6 Å². The molecule has 1 saturated carbocycles. The Morgan fingerprint density at radius 2 is 1.62 bits per heavy atom. The number of Topliss-reactive ketones (excluding diaryl/α,β-unsaturated/α-hetero) is 1. The van der Waals surface area contributed by atoms with Crippen molar-refractivity contribution in [2.75, 3.05) is 9.80 Å². The summed E-state index contributed by atoms with van der Waals surface area (Å²) in [6.07, 6.45) is 2.33. The van der Waals surface area contributed by atoms with Crippen molar-refractivity contribution < 1.29 is 33.5 Å². The molecule has 8 nitrogen and oxygen atoms in total. The summed E-state index contributed by atoms with van der Waals surface area (Å²) in [5.41, 5.74) is 1.03. The Labute approximate surface area is 263 Å². The van der Waals surface area contributed by atoms with Crippen LogP contribution in [-0.2, 0) is 19.2 Å². The number of carbonyl (C=O) groups excluding carboxylic acids is 5. The number of aromatic hydroxyl groups is 1. The lowest BCUT2D eigenvalue weighted by molar-refractivity contribution is -0.131. The summed E-state index contributed by atoms with van der Waals surface area (Å²) in [6, 6.07) is 16.5. The summed E-state index contributed by atoms with van der Waals surface area (Å²) in [4.78, 5) is 70.5. The summed E-state index contributed by atoms with van der Waals surface area (Å²) in [5, 5.41) is 10.2. The van der Waals surface area contributed by atoms with Crippen LogP contribution < -0.4 is 9.80 Å². The summed E-state index contributed by atoms with van der Waals surface area (Å²) < 4.78 is 14.0. The van der Waals surface area contributed by atoms with Crippen molar-refractivity contribution in [1.82, 2.24) is 0 Å². The molecule has 0 spiro atoms. The molecule has 1 N–H and O–H groups in total. The smallest absolute Gasteiger partial charge is 0.241 e. The average molecular weight is 627 g/mol. The fourth-order valence-corrected chi connectivity index (χ4v) is 8.24. The lowest BCUT2D eigenvalue weighted by Gasteiger charge is -2.49. The van der Waals surface area contributed by atoms with Gasteiger partial charge in [-0.2, -0.15) is 0 Å². The molecule has 6 atom stereocenters. The van der Waals surface area contributed by atoms with Gasteiger partial charge in [-0.15, -0.1) is 0 Å². The van der Waals surface area contributed by atoms with E-state index in [2.05, 4.69) is 0 Å². The van der Waals surface area contributed by atoms with E-state index in [-0.39, 0.29) is 41.0 Å². The van der Waals surface area contributed by atoms with Crippen molar-refractivity contribution in [3.8, 4) is 5.75 Å². The number of phenolic OH excluding ortho intramolecular Hbond substituents is 1. The normalized spacial score (nSPS) is 29.0. The molecule has 3 fully saturated rings. The number of rotatable bonds is 4. The molecule has 6 unspecified atom stereocenters. The van der Waals surface area contributed by atoms with Crippen LogP contribution in [-0.4, -0.2) is 34.5 Å². The number of ketones is 1. The molecular formula is C35H28ClFN2O6. The highest BCUT2D eigenvalue weighted by Gasteiger charge is 2.67. The van der Waals surface area contributed by atoms with Gasteiger partial charge in [-0.25, -0.2) is 9.29 Å². The van der Waals surface area contributed by atoms with E-state index in [1.165, 1.54) is 30.0 Å². The van der Waals surface area contributed by atoms with Crippen LogP contribution in [0.4, 0.5) is 15.8 Å². The minimum Gasteiger partial charge on any atom is -0.508 e. The molecule has 2 heterocycles. The van der Waals surface area contributed by atoms with Crippen molar-refractivity contribution >= 4 is 52.4 Å². The highest BCUT2D eigenvalue weighted by molar-refractivity contribution is 6.32. The molecule has 3 aromatic carbocycles. The molecule has 45 heavy (non-hydrogen) atoms. The second kappa shape index (κ2) is 10.2. The molecule has 2 saturated heterocycles. The van der Waals surface area contributed by atoms with Crippen molar-refractivity contribution in [2.24, 2.45) is 29.1 Å². The third kappa shape index (κ3) is 4.13. The van der Waals surface area contributed by atoms with Gasteiger partial charge >= 0.3 is 0 Å². The molecule has 3 aromatic rings. The van der Waals surface area contributed by atoms with Gasteiger partial charge < -0.3 is 5.11 Å². The van der Waals surface area contributed by atoms with Gasteiger partial charge in [0.2, 0.25) is 23.6 Å². The first-order valence-corrected chi connectivity index (χ1v) is 15.1. The summed E-state index contributed by atoms with van der Waals surface area (Å²) in [6.45, 7) is 3.16. The van der Waals surface area contributed by atoms with Crippen molar-refractivity contribution in [3.63, 3.8) is 0 Å². The van der Waals surface area contributed by atoms with E-state index in [4.69, 9.17) is 11.6 Å². The number of benzene rings is 3. The molecule has 7 rings (SSSR count). The van der Waals surface area contributed by atoms with Crippen LogP contribution >= 0.6 is 11.6 Å². The first-order chi connectivity index (χ1) is 21.4. The average Bonchev–Trinajstić information content (AvgIpc) is 3.38. The Bertz CT molecular complexity index is 1870. The predicted molar refractivity (Wildman–Crippen MR) is 163 cm³/mol. The number of imide groups is 2. The molecule has 0 radical (unpaired) electrons. The van der Waals surface area contributed by atoms with Gasteiger partial charge in [0.05, 0.1) is 39.6 Å². The maximum Gasteiger partial charge on any atom is 0.241 e. The molecule has 4 amide bonds. The number of nitrogens with zero attached hydrogens (tertiary/aromatic N) is 2. The van der Waals surface area contributed by atoms with Crippen LogP contribution in [0.25, 0.3) is 0 Å². The van der Waals surface area contributed by atoms with E-state index in [1.807, 2.05) is 6.08 Å². The fraction of sp³-hybridized carbons (Fsp3) is 0.286. The van der Waals surface area contributed by atoms with Gasteiger partial charge in [0, 0.05) is 11.5 Å². The Kier molecular flexibility index (Phi) is 6.60. The molecular weight excluding hydrogens is 599 g/mol. The first kappa shape index (κ1) is 29.1. The van der Waals surface area contributed by atoms with Gasteiger partial charge in [0.25, 0.3) is 0 Å². The van der Waals surface area contributed by atoms with Gasteiger partial charge in [-0.1, -0.05) is 35.4 Å². The van der Waals surface area contributed by atoms with Crippen LogP contribution in [0.15, 0.2) is 78.4 Å². The highest BCUT2D eigenvalue weighted by Crippen LogP contribution is 2.63. The van der Waals surface area contributed by atoms with Gasteiger partial charge in [0.15, 0.2) is 5.78 Å². The number of amides is 4. The zero-order chi connectivity index (χ0) is 31.9. The van der Waals surface area contributed by atoms with E-state index < -0.39 is 58.5 Å². The fourth-order valence-electron chi connectivity index (χ4n) is 8.07. The van der Waals surface area contributed by atoms with Crippen molar-refractivity contribution in [2.45, 2.75) is 32.6 Å². The molecule has 228 valence electrons. The summed E-state index contributed by atoms with van der Waals surface area (Å²) in [7, 11) is 0. The minimum absolute atomic E-state index is 0.0182. The van der Waals surface area contributed by atoms with Crippen LogP contribution in [0, 0.1) is 34.9 Å². The molecule has 2 aliphatic heterocycles. The lowest BCUT2D eigenvalue weighted by Crippen LogP contribution is -2.48. The Balaban J connectivity index is 1.34. The number of carbonyl (C=O) groups is 5. The third-order valence-corrected chi connectivity index (χ3v) is 10.5. The number of fused-ring (bicyclic) bond motifs is 4. The van der Waals surface area contributed by atoms with E-state index in [0.29, 0.717) is 16.8 Å². The number of phenols is 1. The largest absolute Gasteiger partial charge is 0.508 e. The SMILES string of the molecule is CC(=O)c1ccc(N2C(=O)C3CC=C4C(CC5C(=O)N(c6ccc(F)c(Cl)c6)C(=O)C5(C)C4c4cccc(O)c4)C3C2=O)cc1. The summed E-state index contributed by atoms with van der Waals surface area (Å²) >= 11 is 6.04.